The Morgan fingerprint density at radius 1 is 1.12 bits per heavy atom. The summed E-state index contributed by atoms with van der Waals surface area (Å²) in [5, 5.41) is 3.45. The fraction of sp³-hybridized carbons (Fsp3) is 1.00. The van der Waals surface area contributed by atoms with Gasteiger partial charge in [-0.15, -0.1) is 0 Å². The average Bonchev–Trinajstić information content (AvgIpc) is 2.36. The van der Waals surface area contributed by atoms with Gasteiger partial charge in [0.25, 0.3) is 0 Å². The van der Waals surface area contributed by atoms with Crippen molar-refractivity contribution in [2.75, 3.05) is 26.2 Å². The van der Waals surface area contributed by atoms with E-state index in [9.17, 15) is 0 Å². The van der Waals surface area contributed by atoms with Crippen LogP contribution in [0.25, 0.3) is 0 Å². The zero-order valence-corrected chi connectivity index (χ0v) is 11.7. The van der Waals surface area contributed by atoms with Gasteiger partial charge in [-0.3, -0.25) is 4.90 Å². The zero-order valence-electron chi connectivity index (χ0n) is 11.7. The number of nitrogens with zero attached hydrogens (tertiary/aromatic N) is 1. The first kappa shape index (κ1) is 14.0. The van der Waals surface area contributed by atoms with E-state index in [1.54, 1.807) is 0 Å². The Kier molecular flexibility index (Phi) is 5.77. The summed E-state index contributed by atoms with van der Waals surface area (Å²) in [6, 6.07) is 0.701. The van der Waals surface area contributed by atoms with Gasteiger partial charge in [-0.05, 0) is 44.8 Å². The molecule has 1 atom stereocenters. The first-order valence-electron chi connectivity index (χ1n) is 7.12. The number of hydrogen-bond acceptors (Lipinski definition) is 2. The number of rotatable bonds is 6. The molecule has 16 heavy (non-hydrogen) atoms. The van der Waals surface area contributed by atoms with E-state index in [1.165, 1.54) is 38.8 Å². The topological polar surface area (TPSA) is 15.3 Å². The Morgan fingerprint density at radius 2 is 1.69 bits per heavy atom. The first-order chi connectivity index (χ1) is 7.67. The molecule has 0 aromatic carbocycles. The highest BCUT2D eigenvalue weighted by Gasteiger charge is 2.32. The van der Waals surface area contributed by atoms with E-state index in [-0.39, 0.29) is 0 Å². The van der Waals surface area contributed by atoms with E-state index in [1.807, 2.05) is 0 Å². The molecular formula is C14H30N2. The molecule has 0 bridgehead atoms. The second-order valence-corrected chi connectivity index (χ2v) is 5.40. The van der Waals surface area contributed by atoms with E-state index < -0.39 is 0 Å². The first-order valence-corrected chi connectivity index (χ1v) is 7.12. The fourth-order valence-electron chi connectivity index (χ4n) is 2.88. The Labute approximate surface area is 102 Å². The third-order valence-corrected chi connectivity index (χ3v) is 4.67. The molecule has 1 saturated heterocycles. The second-order valence-electron chi connectivity index (χ2n) is 5.40. The number of piperidine rings is 1. The maximum atomic E-state index is 3.45. The summed E-state index contributed by atoms with van der Waals surface area (Å²) in [6.45, 7) is 14.1. The molecule has 96 valence electrons. The van der Waals surface area contributed by atoms with Gasteiger partial charge in [0.05, 0.1) is 0 Å². The predicted molar refractivity (Wildman–Crippen MR) is 71.8 cm³/mol. The Bertz CT molecular complexity index is 177. The molecule has 1 fully saturated rings. The molecule has 0 saturated carbocycles. The van der Waals surface area contributed by atoms with Crippen molar-refractivity contribution in [1.82, 2.24) is 10.2 Å². The van der Waals surface area contributed by atoms with Gasteiger partial charge >= 0.3 is 0 Å². The Morgan fingerprint density at radius 3 is 2.12 bits per heavy atom. The molecule has 0 aliphatic carbocycles. The predicted octanol–water partition coefficient (Wildman–Crippen LogP) is 2.89. The highest BCUT2D eigenvalue weighted by Crippen LogP contribution is 2.38. The van der Waals surface area contributed by atoms with Crippen molar-refractivity contribution in [3.8, 4) is 0 Å². The standard InChI is InChI=1S/C14H30N2/c1-5-14(6-2)8-10-16(11-9-14)13(4)12-15-7-3/h13,15H,5-12H2,1-4H3. The second kappa shape index (κ2) is 6.61. The summed E-state index contributed by atoms with van der Waals surface area (Å²) in [4.78, 5) is 2.66. The van der Waals surface area contributed by atoms with Gasteiger partial charge in [-0.1, -0.05) is 33.6 Å². The van der Waals surface area contributed by atoms with E-state index in [4.69, 9.17) is 0 Å². The van der Waals surface area contributed by atoms with Crippen LogP contribution in [-0.4, -0.2) is 37.1 Å². The Hall–Kier alpha value is -0.0800. The zero-order chi connectivity index (χ0) is 12.0. The van der Waals surface area contributed by atoms with Gasteiger partial charge in [0.2, 0.25) is 0 Å². The highest BCUT2D eigenvalue weighted by atomic mass is 15.2. The van der Waals surface area contributed by atoms with E-state index in [2.05, 4.69) is 37.9 Å². The fourth-order valence-corrected chi connectivity index (χ4v) is 2.88. The van der Waals surface area contributed by atoms with Crippen LogP contribution in [-0.2, 0) is 0 Å². The molecule has 1 aliphatic rings. The van der Waals surface area contributed by atoms with Gasteiger partial charge in [0.15, 0.2) is 0 Å². The molecule has 2 nitrogen and oxygen atoms in total. The lowest BCUT2D eigenvalue weighted by Crippen LogP contribution is -2.47. The van der Waals surface area contributed by atoms with Crippen LogP contribution < -0.4 is 5.32 Å². The minimum absolute atomic E-state index is 0.661. The van der Waals surface area contributed by atoms with Crippen molar-refractivity contribution in [1.29, 1.82) is 0 Å². The normalized spacial score (nSPS) is 23.2. The number of nitrogens with one attached hydrogen (secondary N) is 1. The molecule has 0 aromatic heterocycles. The van der Waals surface area contributed by atoms with Crippen molar-refractivity contribution in [3.05, 3.63) is 0 Å². The Balaban J connectivity index is 2.36. The average molecular weight is 226 g/mol. The maximum absolute atomic E-state index is 3.45. The number of likely N-dealkylation sites (tertiary alicyclic amines) is 1. The summed E-state index contributed by atoms with van der Waals surface area (Å²) in [6.07, 6.45) is 5.52. The lowest BCUT2D eigenvalue weighted by atomic mass is 9.74. The monoisotopic (exact) mass is 226 g/mol. The van der Waals surface area contributed by atoms with Crippen molar-refractivity contribution < 1.29 is 0 Å². The molecule has 1 aliphatic heterocycles. The van der Waals surface area contributed by atoms with Crippen molar-refractivity contribution in [2.45, 2.75) is 59.4 Å². The lowest BCUT2D eigenvalue weighted by Gasteiger charge is -2.43. The van der Waals surface area contributed by atoms with E-state index >= 15 is 0 Å². The summed E-state index contributed by atoms with van der Waals surface area (Å²) < 4.78 is 0. The highest BCUT2D eigenvalue weighted by molar-refractivity contribution is 4.86. The van der Waals surface area contributed by atoms with E-state index in [0.29, 0.717) is 11.5 Å². The van der Waals surface area contributed by atoms with Crippen LogP contribution in [0.5, 0.6) is 0 Å². The van der Waals surface area contributed by atoms with Crippen LogP contribution >= 0.6 is 0 Å². The van der Waals surface area contributed by atoms with Gasteiger partial charge in [0.1, 0.15) is 0 Å². The quantitative estimate of drug-likeness (QED) is 0.749. The summed E-state index contributed by atoms with van der Waals surface area (Å²) >= 11 is 0. The number of hydrogen-bond donors (Lipinski definition) is 1. The minimum atomic E-state index is 0.661. The van der Waals surface area contributed by atoms with Crippen molar-refractivity contribution >= 4 is 0 Å². The number of likely N-dealkylation sites (N-methyl/N-ethyl adjacent to an activating group) is 1. The van der Waals surface area contributed by atoms with Crippen LogP contribution in [0, 0.1) is 5.41 Å². The summed E-state index contributed by atoms with van der Waals surface area (Å²) in [7, 11) is 0. The summed E-state index contributed by atoms with van der Waals surface area (Å²) in [5.74, 6) is 0. The van der Waals surface area contributed by atoms with Crippen LogP contribution in [0.3, 0.4) is 0 Å². The summed E-state index contributed by atoms with van der Waals surface area (Å²) in [5.41, 5.74) is 0.661. The molecule has 1 unspecified atom stereocenters. The molecule has 1 heterocycles. The third kappa shape index (κ3) is 3.46. The lowest BCUT2D eigenvalue weighted by molar-refractivity contribution is 0.0711. The third-order valence-electron chi connectivity index (χ3n) is 4.67. The van der Waals surface area contributed by atoms with Gasteiger partial charge < -0.3 is 5.32 Å². The molecule has 0 aromatic rings. The van der Waals surface area contributed by atoms with Gasteiger partial charge in [-0.2, -0.15) is 0 Å². The van der Waals surface area contributed by atoms with Crippen LogP contribution in [0.4, 0.5) is 0 Å². The van der Waals surface area contributed by atoms with Gasteiger partial charge in [-0.25, -0.2) is 0 Å². The molecule has 2 heteroatoms. The molecular weight excluding hydrogens is 196 g/mol. The van der Waals surface area contributed by atoms with Gasteiger partial charge in [0, 0.05) is 12.6 Å². The molecule has 1 N–H and O–H groups in total. The van der Waals surface area contributed by atoms with Crippen LogP contribution in [0.1, 0.15) is 53.4 Å². The molecule has 1 rings (SSSR count). The van der Waals surface area contributed by atoms with E-state index in [0.717, 1.165) is 13.1 Å². The smallest absolute Gasteiger partial charge is 0.0192 e. The van der Waals surface area contributed by atoms with Crippen LogP contribution in [0.15, 0.2) is 0 Å². The SMILES string of the molecule is CCNCC(C)N1CCC(CC)(CC)CC1. The molecule has 0 radical (unpaired) electrons. The minimum Gasteiger partial charge on any atom is -0.315 e. The van der Waals surface area contributed by atoms with Crippen LogP contribution in [0.2, 0.25) is 0 Å². The molecule has 0 spiro atoms. The molecule has 0 amide bonds. The van der Waals surface area contributed by atoms with Crippen molar-refractivity contribution in [3.63, 3.8) is 0 Å². The van der Waals surface area contributed by atoms with Crippen molar-refractivity contribution in [2.24, 2.45) is 5.41 Å². The maximum Gasteiger partial charge on any atom is 0.0192 e. The largest absolute Gasteiger partial charge is 0.315 e.